The number of fused-ring (bicyclic) bond motifs is 3. The number of aromatic nitrogens is 4. The normalized spacial score (nSPS) is 12.0. The van der Waals surface area contributed by atoms with Gasteiger partial charge in [0.1, 0.15) is 7.85 Å². The van der Waals surface area contributed by atoms with Gasteiger partial charge in [-0.15, -0.1) is 0 Å². The number of carbonyl (C=O) groups excluding carboxylic acids is 2. The Kier molecular flexibility index (Phi) is 6.77. The van der Waals surface area contributed by atoms with Crippen LogP contribution in [0.2, 0.25) is 0 Å². The van der Waals surface area contributed by atoms with Crippen LogP contribution < -0.4 is 10.8 Å². The molecule has 10 nitrogen and oxygen atoms in total. The quantitative estimate of drug-likeness (QED) is 0.374. The zero-order chi connectivity index (χ0) is 26.1. The molecule has 0 fully saturated rings. The number of thiazole rings is 1. The molecule has 188 valence electrons. The third-order valence-electron chi connectivity index (χ3n) is 6.29. The Morgan fingerprint density at radius 3 is 2.84 bits per heavy atom. The number of aryl methyl sites for hydroxylation is 1. The fourth-order valence-electron chi connectivity index (χ4n) is 4.47. The molecule has 3 aromatic heterocycles. The second kappa shape index (κ2) is 10.2. The molecule has 0 saturated heterocycles. The predicted octanol–water partition coefficient (Wildman–Crippen LogP) is 1.66. The molecule has 0 atom stereocenters. The van der Waals surface area contributed by atoms with Gasteiger partial charge in [0.15, 0.2) is 5.13 Å². The van der Waals surface area contributed by atoms with Crippen molar-refractivity contribution < 1.29 is 19.4 Å². The number of aliphatic hydroxyl groups is 1. The fourth-order valence-corrected chi connectivity index (χ4v) is 5.52. The Balaban J connectivity index is 1.64. The lowest BCUT2D eigenvalue weighted by Gasteiger charge is -2.18. The molecular weight excluding hydrogens is 491 g/mol. The van der Waals surface area contributed by atoms with Gasteiger partial charge in [-0.3, -0.25) is 15.1 Å². The third kappa shape index (κ3) is 4.61. The van der Waals surface area contributed by atoms with E-state index in [1.807, 2.05) is 36.8 Å². The molecule has 3 heterocycles. The highest BCUT2D eigenvalue weighted by Crippen LogP contribution is 2.43. The van der Waals surface area contributed by atoms with E-state index in [0.717, 1.165) is 50.7 Å². The Morgan fingerprint density at radius 1 is 1.30 bits per heavy atom. The molecule has 0 unspecified atom stereocenters. The fraction of sp³-hybridized carbons (Fsp3) is 0.240. The number of nitrogens with one attached hydrogen (secondary N) is 1. The molecule has 0 spiro atoms. The SMILES string of the molecule is Bc1cc(C(=O)N(C)CCO)ccc1-n1nc(-c2cccnc2)c2c1-c1sc(NC(=O)OC)nc1CC2. The molecule has 5 rings (SSSR count). The van der Waals surface area contributed by atoms with Crippen LogP contribution in [0.5, 0.6) is 0 Å². The van der Waals surface area contributed by atoms with Crippen LogP contribution in [0.3, 0.4) is 0 Å². The van der Waals surface area contributed by atoms with E-state index in [1.54, 1.807) is 25.5 Å². The minimum absolute atomic E-state index is 0.0974. The van der Waals surface area contributed by atoms with E-state index >= 15 is 0 Å². The van der Waals surface area contributed by atoms with Crippen molar-refractivity contribution in [1.29, 1.82) is 0 Å². The maximum atomic E-state index is 12.8. The van der Waals surface area contributed by atoms with Crippen molar-refractivity contribution in [2.75, 3.05) is 32.6 Å². The number of methoxy groups -OCH3 is 1. The largest absolute Gasteiger partial charge is 0.453 e. The van der Waals surface area contributed by atoms with Crippen molar-refractivity contribution in [2.24, 2.45) is 0 Å². The predicted molar refractivity (Wildman–Crippen MR) is 144 cm³/mol. The van der Waals surface area contributed by atoms with Gasteiger partial charge in [-0.2, -0.15) is 5.10 Å². The van der Waals surface area contributed by atoms with Crippen molar-refractivity contribution >= 4 is 41.8 Å². The molecule has 0 saturated carbocycles. The van der Waals surface area contributed by atoms with E-state index in [4.69, 9.17) is 9.84 Å². The standard InChI is InChI=1S/C25H25BN6O4S/c1-31(10-11-33)23(34)14-5-8-19(17(26)12-14)32-21-16(20(30-32)15-4-3-9-27-13-15)6-7-18-22(21)37-24(28-18)29-25(35)36-2/h3-5,8-9,12-13,33H,6-7,10-11,26H2,1-2H3,(H,28,29,35). The number of nitrogens with zero attached hydrogens (tertiary/aromatic N) is 5. The van der Waals surface area contributed by atoms with Gasteiger partial charge >= 0.3 is 6.09 Å². The lowest BCUT2D eigenvalue weighted by atomic mass is 9.91. The van der Waals surface area contributed by atoms with Gasteiger partial charge in [0.05, 0.1) is 41.4 Å². The summed E-state index contributed by atoms with van der Waals surface area (Å²) in [6.45, 7) is 0.163. The highest BCUT2D eigenvalue weighted by atomic mass is 32.1. The smallest absolute Gasteiger partial charge is 0.413 e. The molecule has 37 heavy (non-hydrogen) atoms. The Hall–Kier alpha value is -4.03. The molecule has 1 aliphatic carbocycles. The lowest BCUT2D eigenvalue weighted by Crippen LogP contribution is -2.30. The number of hydrogen-bond donors (Lipinski definition) is 2. The summed E-state index contributed by atoms with van der Waals surface area (Å²) < 4.78 is 6.64. The van der Waals surface area contributed by atoms with Gasteiger partial charge < -0.3 is 14.7 Å². The number of amides is 2. The number of hydrogen-bond acceptors (Lipinski definition) is 8. The number of carbonyl (C=O) groups is 2. The molecule has 0 radical (unpaired) electrons. The van der Waals surface area contributed by atoms with Gasteiger partial charge in [-0.1, -0.05) is 22.9 Å². The first-order valence-electron chi connectivity index (χ1n) is 11.8. The van der Waals surface area contributed by atoms with E-state index in [-0.39, 0.29) is 19.1 Å². The Bertz CT molecular complexity index is 1490. The van der Waals surface area contributed by atoms with Crippen molar-refractivity contribution in [1.82, 2.24) is 24.6 Å². The number of rotatable bonds is 6. The van der Waals surface area contributed by atoms with Crippen molar-refractivity contribution in [3.8, 4) is 27.5 Å². The highest BCUT2D eigenvalue weighted by molar-refractivity contribution is 7.19. The molecular formula is C25H25BN6O4S. The van der Waals surface area contributed by atoms with Crippen LogP contribution in [-0.4, -0.2) is 76.9 Å². The van der Waals surface area contributed by atoms with Crippen LogP contribution in [0.25, 0.3) is 27.5 Å². The van der Waals surface area contributed by atoms with Gasteiger partial charge in [-0.25, -0.2) is 14.5 Å². The topological polar surface area (TPSA) is 122 Å². The molecule has 1 aliphatic rings. The summed E-state index contributed by atoms with van der Waals surface area (Å²) in [6.07, 6.45) is 4.40. The number of aliphatic hydroxyl groups excluding tert-OH is 1. The van der Waals surface area contributed by atoms with E-state index < -0.39 is 6.09 Å². The molecule has 2 N–H and O–H groups in total. The summed E-state index contributed by atoms with van der Waals surface area (Å²) in [6, 6.07) is 9.37. The molecule has 12 heteroatoms. The molecule has 0 bridgehead atoms. The summed E-state index contributed by atoms with van der Waals surface area (Å²) in [5.41, 5.74) is 6.87. The van der Waals surface area contributed by atoms with Gasteiger partial charge in [0.25, 0.3) is 5.91 Å². The van der Waals surface area contributed by atoms with Crippen LogP contribution in [-0.2, 0) is 17.6 Å². The van der Waals surface area contributed by atoms with Crippen molar-refractivity contribution in [3.63, 3.8) is 0 Å². The van der Waals surface area contributed by atoms with Crippen LogP contribution in [0.1, 0.15) is 21.6 Å². The maximum absolute atomic E-state index is 12.8. The van der Waals surface area contributed by atoms with Gasteiger partial charge in [0, 0.05) is 42.7 Å². The summed E-state index contributed by atoms with van der Waals surface area (Å²) in [4.78, 5) is 35.9. The van der Waals surface area contributed by atoms with E-state index in [0.29, 0.717) is 17.1 Å². The maximum Gasteiger partial charge on any atom is 0.413 e. The second-order valence-corrected chi connectivity index (χ2v) is 9.69. The minimum atomic E-state index is -0.571. The molecule has 0 aliphatic heterocycles. The number of pyridine rings is 1. The first-order chi connectivity index (χ1) is 17.9. The Labute approximate surface area is 218 Å². The van der Waals surface area contributed by atoms with E-state index in [1.165, 1.54) is 23.3 Å². The van der Waals surface area contributed by atoms with E-state index in [2.05, 4.69) is 15.3 Å². The monoisotopic (exact) mass is 516 g/mol. The van der Waals surface area contributed by atoms with Crippen LogP contribution >= 0.6 is 11.3 Å². The lowest BCUT2D eigenvalue weighted by molar-refractivity contribution is 0.0767. The Morgan fingerprint density at radius 2 is 2.14 bits per heavy atom. The van der Waals surface area contributed by atoms with E-state index in [9.17, 15) is 14.7 Å². The zero-order valence-corrected chi connectivity index (χ0v) is 21.5. The van der Waals surface area contributed by atoms with Gasteiger partial charge in [0.2, 0.25) is 0 Å². The number of likely N-dealkylation sites (N-methyl/N-ethyl adjacent to an activating group) is 1. The number of anilines is 1. The van der Waals surface area contributed by atoms with Crippen LogP contribution in [0, 0.1) is 0 Å². The molecule has 4 aromatic rings. The van der Waals surface area contributed by atoms with Gasteiger partial charge in [-0.05, 0) is 37.1 Å². The average molecular weight is 516 g/mol. The highest BCUT2D eigenvalue weighted by Gasteiger charge is 2.30. The zero-order valence-electron chi connectivity index (χ0n) is 20.7. The first-order valence-corrected chi connectivity index (χ1v) is 12.6. The number of benzene rings is 1. The first kappa shape index (κ1) is 24.7. The summed E-state index contributed by atoms with van der Waals surface area (Å²) in [5, 5.41) is 17.4. The third-order valence-corrected chi connectivity index (χ3v) is 7.31. The summed E-state index contributed by atoms with van der Waals surface area (Å²) in [5.74, 6) is -0.162. The summed E-state index contributed by atoms with van der Waals surface area (Å²) >= 11 is 1.38. The summed E-state index contributed by atoms with van der Waals surface area (Å²) in [7, 11) is 4.92. The molecule has 2 amide bonds. The van der Waals surface area contributed by atoms with Crippen LogP contribution in [0.4, 0.5) is 9.93 Å². The van der Waals surface area contributed by atoms with Crippen LogP contribution in [0.15, 0.2) is 42.7 Å². The second-order valence-electron chi connectivity index (χ2n) is 8.69. The van der Waals surface area contributed by atoms with Crippen molar-refractivity contribution in [3.05, 3.63) is 59.5 Å². The minimum Gasteiger partial charge on any atom is -0.453 e. The van der Waals surface area contributed by atoms with Crippen molar-refractivity contribution in [2.45, 2.75) is 12.8 Å². The molecule has 1 aromatic carbocycles. The number of ether oxygens (including phenoxy) is 1. The average Bonchev–Trinajstić information content (AvgIpc) is 3.49.